The molecule has 0 aliphatic carbocycles. The first kappa shape index (κ1) is 22.1. The SMILES string of the molecule is CSSCCOC(=O)CCN1c2cc(F)cc3c2C2C(=NCC3=O)N3CCC[C@]3(C)CC21. The number of aliphatic imine (C=N–C) groups is 1. The fraction of sp³-hybridized carbons (Fsp3) is 0.609. The van der Waals surface area contributed by atoms with Crippen LogP contribution in [0.3, 0.4) is 0 Å². The van der Waals surface area contributed by atoms with Crippen LogP contribution >= 0.6 is 21.6 Å². The van der Waals surface area contributed by atoms with Crippen LogP contribution < -0.4 is 4.90 Å². The Morgan fingerprint density at radius 3 is 3.06 bits per heavy atom. The average Bonchev–Trinajstić information content (AvgIpc) is 3.24. The van der Waals surface area contributed by atoms with Gasteiger partial charge in [-0.15, -0.1) is 0 Å². The number of esters is 1. The number of piperidine rings is 1. The third kappa shape index (κ3) is 3.61. The van der Waals surface area contributed by atoms with E-state index in [0.717, 1.165) is 48.6 Å². The Labute approximate surface area is 195 Å². The maximum Gasteiger partial charge on any atom is 0.307 e. The van der Waals surface area contributed by atoms with Crippen LogP contribution in [0.25, 0.3) is 0 Å². The summed E-state index contributed by atoms with van der Waals surface area (Å²) in [5, 5.41) is 0. The topological polar surface area (TPSA) is 62.2 Å². The Balaban J connectivity index is 1.47. The van der Waals surface area contributed by atoms with E-state index >= 15 is 0 Å². The Morgan fingerprint density at radius 2 is 2.25 bits per heavy atom. The maximum atomic E-state index is 14.6. The molecule has 172 valence electrons. The minimum atomic E-state index is -0.414. The minimum absolute atomic E-state index is 0.0259. The van der Waals surface area contributed by atoms with E-state index in [9.17, 15) is 14.0 Å². The van der Waals surface area contributed by atoms with Crippen molar-refractivity contribution in [1.82, 2.24) is 4.90 Å². The van der Waals surface area contributed by atoms with Crippen molar-refractivity contribution in [3.8, 4) is 0 Å². The summed E-state index contributed by atoms with van der Waals surface area (Å²) >= 11 is 0. The highest BCUT2D eigenvalue weighted by Crippen LogP contribution is 2.54. The minimum Gasteiger partial charge on any atom is -0.465 e. The number of anilines is 1. The molecule has 0 spiro atoms. The second-order valence-electron chi connectivity index (χ2n) is 9.14. The third-order valence-corrected chi connectivity index (χ3v) is 9.05. The van der Waals surface area contributed by atoms with E-state index in [2.05, 4.69) is 16.7 Å². The molecule has 5 rings (SSSR count). The first-order chi connectivity index (χ1) is 15.4. The molecule has 9 heteroatoms. The molecule has 0 radical (unpaired) electrons. The third-order valence-electron chi connectivity index (χ3n) is 7.27. The van der Waals surface area contributed by atoms with Gasteiger partial charge in [-0.25, -0.2) is 4.39 Å². The van der Waals surface area contributed by atoms with Crippen LogP contribution in [-0.2, 0) is 9.53 Å². The number of rotatable bonds is 7. The van der Waals surface area contributed by atoms with Crippen LogP contribution in [0.5, 0.6) is 0 Å². The number of carbonyl (C=O) groups excluding carboxylic acids is 2. The normalized spacial score (nSPS) is 27.7. The highest BCUT2D eigenvalue weighted by Gasteiger charge is 2.56. The zero-order valence-corrected chi connectivity index (χ0v) is 20.1. The number of amidine groups is 1. The number of benzene rings is 1. The van der Waals surface area contributed by atoms with Crippen molar-refractivity contribution in [2.75, 3.05) is 43.1 Å². The number of hydrogen-bond donors (Lipinski definition) is 0. The molecule has 0 bridgehead atoms. The van der Waals surface area contributed by atoms with E-state index in [-0.39, 0.29) is 42.2 Å². The fourth-order valence-electron chi connectivity index (χ4n) is 5.99. The van der Waals surface area contributed by atoms with Crippen LogP contribution in [0.2, 0.25) is 0 Å². The van der Waals surface area contributed by atoms with Gasteiger partial charge in [-0.05, 0) is 50.1 Å². The number of hydrogen-bond acceptors (Lipinski definition) is 8. The first-order valence-corrected chi connectivity index (χ1v) is 13.9. The van der Waals surface area contributed by atoms with Gasteiger partial charge in [0.05, 0.1) is 12.3 Å². The van der Waals surface area contributed by atoms with Crippen molar-refractivity contribution < 1.29 is 18.7 Å². The molecule has 3 atom stereocenters. The number of carbonyl (C=O) groups is 2. The molecule has 4 aliphatic heterocycles. The lowest BCUT2D eigenvalue weighted by molar-refractivity contribution is -0.142. The van der Waals surface area contributed by atoms with Crippen LogP contribution in [0.4, 0.5) is 10.1 Å². The summed E-state index contributed by atoms with van der Waals surface area (Å²) in [6, 6.07) is 2.96. The molecule has 1 aromatic rings. The van der Waals surface area contributed by atoms with Gasteiger partial charge in [0.15, 0.2) is 5.78 Å². The van der Waals surface area contributed by atoms with E-state index in [1.54, 1.807) is 21.6 Å². The zero-order chi connectivity index (χ0) is 22.5. The van der Waals surface area contributed by atoms with E-state index in [0.29, 0.717) is 18.7 Å². The summed E-state index contributed by atoms with van der Waals surface area (Å²) in [5.41, 5.74) is 2.07. The molecule has 2 unspecified atom stereocenters. The zero-order valence-electron chi connectivity index (χ0n) is 18.4. The molecule has 2 saturated heterocycles. The van der Waals surface area contributed by atoms with Gasteiger partial charge in [0.1, 0.15) is 24.8 Å². The maximum absolute atomic E-state index is 14.6. The highest BCUT2D eigenvalue weighted by molar-refractivity contribution is 8.76. The number of nitrogens with zero attached hydrogens (tertiary/aromatic N) is 3. The number of ether oxygens (including phenoxy) is 1. The Hall–Kier alpha value is -1.74. The van der Waals surface area contributed by atoms with Crippen molar-refractivity contribution in [3.63, 3.8) is 0 Å². The molecule has 0 saturated carbocycles. The quantitative estimate of drug-likeness (QED) is 0.335. The molecule has 4 heterocycles. The molecule has 6 nitrogen and oxygen atoms in total. The smallest absolute Gasteiger partial charge is 0.307 e. The van der Waals surface area contributed by atoms with Gasteiger partial charge in [-0.3, -0.25) is 14.6 Å². The van der Waals surface area contributed by atoms with E-state index in [4.69, 9.17) is 9.73 Å². The standard InChI is InChI=1S/C23H28FN3O3S2/c1-23-5-3-6-27(23)22-21-17(12-23)26(7-4-19(29)30-8-9-32-31-2)16-11-14(24)10-15(20(16)21)18(28)13-25-22/h10-11,17,21H,3-9,12-13H2,1-2H3/t17?,21?,23-/m1/s1. The summed E-state index contributed by atoms with van der Waals surface area (Å²) in [6.45, 7) is 4.12. The van der Waals surface area contributed by atoms with Gasteiger partial charge in [0.25, 0.3) is 0 Å². The summed E-state index contributed by atoms with van der Waals surface area (Å²) < 4.78 is 20.0. The first-order valence-electron chi connectivity index (χ1n) is 11.2. The summed E-state index contributed by atoms with van der Waals surface area (Å²) in [6.07, 6.45) is 5.31. The molecular formula is C23H28FN3O3S2. The number of Topliss-reactive ketones (excluding diaryl/α,β-unsaturated/α-hetero) is 1. The van der Waals surface area contributed by atoms with Gasteiger partial charge in [-0.2, -0.15) is 0 Å². The van der Waals surface area contributed by atoms with Crippen molar-refractivity contribution in [2.45, 2.75) is 50.1 Å². The Morgan fingerprint density at radius 1 is 1.41 bits per heavy atom. The van der Waals surface area contributed by atoms with Gasteiger partial charge in [0, 0.05) is 41.7 Å². The van der Waals surface area contributed by atoms with Gasteiger partial charge < -0.3 is 14.5 Å². The summed E-state index contributed by atoms with van der Waals surface area (Å²) in [7, 11) is 3.31. The monoisotopic (exact) mass is 477 g/mol. The molecule has 0 aromatic heterocycles. The predicted molar refractivity (Wildman–Crippen MR) is 127 cm³/mol. The van der Waals surface area contributed by atoms with Gasteiger partial charge in [0.2, 0.25) is 0 Å². The van der Waals surface area contributed by atoms with E-state index < -0.39 is 5.82 Å². The lowest BCUT2D eigenvalue weighted by Gasteiger charge is -2.49. The van der Waals surface area contributed by atoms with Crippen LogP contribution in [0, 0.1) is 5.82 Å². The fourth-order valence-corrected chi connectivity index (χ4v) is 7.01. The van der Waals surface area contributed by atoms with Crippen LogP contribution in [0.15, 0.2) is 17.1 Å². The molecule has 1 aromatic carbocycles. The predicted octanol–water partition coefficient (Wildman–Crippen LogP) is 3.90. The molecule has 32 heavy (non-hydrogen) atoms. The Bertz CT molecular complexity index is 987. The second-order valence-corrected chi connectivity index (χ2v) is 11.8. The van der Waals surface area contributed by atoms with Crippen molar-refractivity contribution >= 4 is 44.9 Å². The van der Waals surface area contributed by atoms with Crippen LogP contribution in [-0.4, -0.2) is 72.3 Å². The number of halogens is 1. The lowest BCUT2D eigenvalue weighted by atomic mass is 9.77. The van der Waals surface area contributed by atoms with Crippen molar-refractivity contribution in [1.29, 1.82) is 0 Å². The van der Waals surface area contributed by atoms with Gasteiger partial charge in [-0.1, -0.05) is 21.6 Å². The van der Waals surface area contributed by atoms with E-state index in [1.807, 2.05) is 6.26 Å². The molecule has 0 amide bonds. The molecule has 2 fully saturated rings. The highest BCUT2D eigenvalue weighted by atomic mass is 33.1. The van der Waals surface area contributed by atoms with E-state index in [1.165, 1.54) is 12.1 Å². The Kier molecular flexibility index (Phi) is 5.90. The van der Waals surface area contributed by atoms with Crippen LogP contribution in [0.1, 0.15) is 54.4 Å². The number of ketones is 1. The molecular weight excluding hydrogens is 449 g/mol. The summed E-state index contributed by atoms with van der Waals surface area (Å²) in [4.78, 5) is 34.6. The second kappa shape index (κ2) is 8.56. The number of fused-ring (bicyclic) bond motifs is 2. The lowest BCUT2D eigenvalue weighted by Crippen LogP contribution is -2.58. The van der Waals surface area contributed by atoms with Crippen molar-refractivity contribution in [2.24, 2.45) is 4.99 Å². The van der Waals surface area contributed by atoms with Crippen molar-refractivity contribution in [3.05, 3.63) is 29.1 Å². The van der Waals surface area contributed by atoms with Gasteiger partial charge >= 0.3 is 5.97 Å². The summed E-state index contributed by atoms with van der Waals surface area (Å²) in [5.74, 6) is 0.898. The molecule has 4 aliphatic rings. The largest absolute Gasteiger partial charge is 0.465 e. The average molecular weight is 478 g/mol. The molecule has 0 N–H and O–H groups in total.